The Labute approximate surface area is 75.4 Å². The van der Waals surface area contributed by atoms with Gasteiger partial charge < -0.3 is 14.8 Å². The van der Waals surface area contributed by atoms with Crippen molar-refractivity contribution in [2.45, 2.75) is 27.1 Å². The number of ether oxygens (including phenoxy) is 2. The largest absolute Gasteiger partial charge is 0.355 e. The molecule has 74 valence electrons. The van der Waals surface area contributed by atoms with Crippen molar-refractivity contribution < 1.29 is 9.47 Å². The zero-order valence-corrected chi connectivity index (χ0v) is 8.81. The Hall–Kier alpha value is -0.120. The van der Waals surface area contributed by atoms with Gasteiger partial charge in [-0.3, -0.25) is 0 Å². The first-order valence-electron chi connectivity index (χ1n) is 4.34. The normalized spacial score (nSPS) is 12.5. The Kier molecular flexibility index (Phi) is 5.46. The van der Waals surface area contributed by atoms with Gasteiger partial charge in [-0.2, -0.15) is 0 Å². The third-order valence-corrected chi connectivity index (χ3v) is 1.90. The van der Waals surface area contributed by atoms with Crippen LogP contribution in [0.3, 0.4) is 0 Å². The minimum absolute atomic E-state index is 0.0134. The number of hydrogen-bond donors (Lipinski definition) is 1. The van der Waals surface area contributed by atoms with Gasteiger partial charge in [0, 0.05) is 26.2 Å². The van der Waals surface area contributed by atoms with Crippen LogP contribution in [-0.4, -0.2) is 33.6 Å². The van der Waals surface area contributed by atoms with E-state index < -0.39 is 0 Å². The molecule has 0 amide bonds. The lowest BCUT2D eigenvalue weighted by Crippen LogP contribution is -2.41. The number of hydrogen-bond acceptors (Lipinski definition) is 3. The van der Waals surface area contributed by atoms with Gasteiger partial charge in [0.2, 0.25) is 0 Å². The maximum absolute atomic E-state index is 5.20. The van der Waals surface area contributed by atoms with E-state index in [9.17, 15) is 0 Å². The summed E-state index contributed by atoms with van der Waals surface area (Å²) in [5, 5.41) is 3.28. The Bertz CT molecular complexity index is 111. The second kappa shape index (κ2) is 5.51. The first kappa shape index (κ1) is 11.9. The van der Waals surface area contributed by atoms with Gasteiger partial charge in [0.05, 0.1) is 0 Å². The van der Waals surface area contributed by atoms with Crippen molar-refractivity contribution in [2.24, 2.45) is 5.41 Å². The fraction of sp³-hybridized carbons (Fsp3) is 1.00. The van der Waals surface area contributed by atoms with E-state index in [4.69, 9.17) is 9.47 Å². The van der Waals surface area contributed by atoms with E-state index in [-0.39, 0.29) is 11.7 Å². The Morgan fingerprint density at radius 2 is 1.75 bits per heavy atom. The molecule has 0 heterocycles. The van der Waals surface area contributed by atoms with Crippen LogP contribution in [0.4, 0.5) is 0 Å². The predicted molar refractivity (Wildman–Crippen MR) is 50.1 cm³/mol. The minimum atomic E-state index is -0.142. The molecule has 0 aliphatic carbocycles. The monoisotopic (exact) mass is 175 g/mol. The fourth-order valence-corrected chi connectivity index (χ4v) is 1.26. The van der Waals surface area contributed by atoms with Gasteiger partial charge in [0.1, 0.15) is 0 Å². The quantitative estimate of drug-likeness (QED) is 0.616. The molecule has 0 spiro atoms. The predicted octanol–water partition coefficient (Wildman–Crippen LogP) is 1.24. The highest BCUT2D eigenvalue weighted by molar-refractivity contribution is 4.74. The summed E-state index contributed by atoms with van der Waals surface area (Å²) in [7, 11) is 3.34. The molecule has 0 rings (SSSR count). The average Bonchev–Trinajstić information content (AvgIpc) is 2.03. The second-order valence-electron chi connectivity index (χ2n) is 3.57. The molecule has 0 aromatic carbocycles. The number of rotatable bonds is 6. The first-order chi connectivity index (χ1) is 5.58. The van der Waals surface area contributed by atoms with Gasteiger partial charge in [-0.1, -0.05) is 20.8 Å². The van der Waals surface area contributed by atoms with Crippen molar-refractivity contribution in [3.63, 3.8) is 0 Å². The molecule has 0 unspecified atom stereocenters. The zero-order valence-electron chi connectivity index (χ0n) is 8.81. The van der Waals surface area contributed by atoms with Crippen LogP contribution >= 0.6 is 0 Å². The van der Waals surface area contributed by atoms with Crippen LogP contribution in [0.25, 0.3) is 0 Å². The van der Waals surface area contributed by atoms with Crippen LogP contribution in [0.2, 0.25) is 0 Å². The third kappa shape index (κ3) is 3.52. The van der Waals surface area contributed by atoms with Gasteiger partial charge in [-0.25, -0.2) is 0 Å². The first-order valence-corrected chi connectivity index (χ1v) is 4.34. The van der Waals surface area contributed by atoms with Crippen LogP contribution in [-0.2, 0) is 9.47 Å². The van der Waals surface area contributed by atoms with Crippen LogP contribution in [0, 0.1) is 5.41 Å². The molecule has 3 nitrogen and oxygen atoms in total. The Morgan fingerprint density at radius 1 is 1.25 bits per heavy atom. The van der Waals surface area contributed by atoms with Gasteiger partial charge in [-0.15, -0.1) is 0 Å². The molecule has 0 fully saturated rings. The van der Waals surface area contributed by atoms with Gasteiger partial charge in [0.15, 0.2) is 6.29 Å². The van der Waals surface area contributed by atoms with E-state index in [0.717, 1.165) is 13.1 Å². The summed E-state index contributed by atoms with van der Waals surface area (Å²) in [5.74, 6) is 0. The highest BCUT2D eigenvalue weighted by Crippen LogP contribution is 2.22. The molecule has 0 aromatic heterocycles. The molecular weight excluding hydrogens is 154 g/mol. The van der Waals surface area contributed by atoms with Crippen LogP contribution in [0.1, 0.15) is 20.8 Å². The maximum atomic E-state index is 5.20. The third-order valence-electron chi connectivity index (χ3n) is 1.90. The lowest BCUT2D eigenvalue weighted by molar-refractivity contribution is -0.165. The molecule has 1 N–H and O–H groups in total. The zero-order chi connectivity index (χ0) is 9.61. The Balaban J connectivity index is 3.96. The van der Waals surface area contributed by atoms with E-state index in [1.165, 1.54) is 0 Å². The van der Waals surface area contributed by atoms with E-state index in [0.29, 0.717) is 0 Å². The summed E-state index contributed by atoms with van der Waals surface area (Å²) >= 11 is 0. The number of nitrogens with one attached hydrogen (secondary N) is 1. The fourth-order valence-electron chi connectivity index (χ4n) is 1.26. The molecule has 0 saturated heterocycles. The van der Waals surface area contributed by atoms with Crippen molar-refractivity contribution in [1.82, 2.24) is 5.32 Å². The van der Waals surface area contributed by atoms with Crippen molar-refractivity contribution >= 4 is 0 Å². The lowest BCUT2D eigenvalue weighted by atomic mass is 9.92. The second-order valence-corrected chi connectivity index (χ2v) is 3.57. The van der Waals surface area contributed by atoms with Crippen molar-refractivity contribution in [2.75, 3.05) is 27.3 Å². The molecule has 0 aliphatic rings. The SMILES string of the molecule is CCNCC(C)(C)C(OC)OC. The topological polar surface area (TPSA) is 30.5 Å². The summed E-state index contributed by atoms with van der Waals surface area (Å²) in [6.07, 6.45) is -0.142. The maximum Gasteiger partial charge on any atom is 0.163 e. The van der Waals surface area contributed by atoms with E-state index >= 15 is 0 Å². The smallest absolute Gasteiger partial charge is 0.163 e. The van der Waals surface area contributed by atoms with Crippen LogP contribution < -0.4 is 5.32 Å². The van der Waals surface area contributed by atoms with Crippen LogP contribution in [0.15, 0.2) is 0 Å². The summed E-state index contributed by atoms with van der Waals surface area (Å²) in [4.78, 5) is 0. The van der Waals surface area contributed by atoms with Crippen LogP contribution in [0.5, 0.6) is 0 Å². The van der Waals surface area contributed by atoms with E-state index in [1.54, 1.807) is 14.2 Å². The molecule has 0 aliphatic heterocycles. The molecule has 0 atom stereocenters. The van der Waals surface area contributed by atoms with Gasteiger partial charge in [-0.05, 0) is 6.54 Å². The van der Waals surface area contributed by atoms with Crippen molar-refractivity contribution in [3.8, 4) is 0 Å². The van der Waals surface area contributed by atoms with Crippen molar-refractivity contribution in [1.29, 1.82) is 0 Å². The van der Waals surface area contributed by atoms with E-state index in [1.807, 2.05) is 0 Å². The van der Waals surface area contributed by atoms with Gasteiger partial charge >= 0.3 is 0 Å². The summed E-state index contributed by atoms with van der Waals surface area (Å²) in [5.41, 5.74) is 0.0134. The molecule has 0 aromatic rings. The number of methoxy groups -OCH3 is 2. The average molecular weight is 175 g/mol. The highest BCUT2D eigenvalue weighted by atomic mass is 16.7. The summed E-state index contributed by atoms with van der Waals surface area (Å²) in [6, 6.07) is 0. The molecular formula is C9H21NO2. The standard InChI is InChI=1S/C9H21NO2/c1-6-10-7-9(2,3)8(11-4)12-5/h8,10H,6-7H2,1-5H3. The van der Waals surface area contributed by atoms with Gasteiger partial charge in [0.25, 0.3) is 0 Å². The summed E-state index contributed by atoms with van der Waals surface area (Å²) < 4.78 is 10.4. The molecule has 3 heteroatoms. The minimum Gasteiger partial charge on any atom is -0.355 e. The Morgan fingerprint density at radius 3 is 2.08 bits per heavy atom. The molecule has 0 bridgehead atoms. The molecule has 0 radical (unpaired) electrons. The van der Waals surface area contributed by atoms with E-state index in [2.05, 4.69) is 26.1 Å². The highest BCUT2D eigenvalue weighted by Gasteiger charge is 2.28. The van der Waals surface area contributed by atoms with Crippen molar-refractivity contribution in [3.05, 3.63) is 0 Å². The lowest BCUT2D eigenvalue weighted by Gasteiger charge is -2.31. The molecule has 12 heavy (non-hydrogen) atoms. The molecule has 0 saturated carbocycles. The summed E-state index contributed by atoms with van der Waals surface area (Å²) in [6.45, 7) is 8.20.